The molecule has 0 spiro atoms. The van der Waals surface area contributed by atoms with Crippen molar-refractivity contribution in [2.45, 2.75) is 12.8 Å². The van der Waals surface area contributed by atoms with Crippen LogP contribution in [0, 0.1) is 0 Å². The molecule has 3 rings (SSSR count). The van der Waals surface area contributed by atoms with Gasteiger partial charge < -0.3 is 15.0 Å². The molecule has 120 valence electrons. The summed E-state index contributed by atoms with van der Waals surface area (Å²) in [4.78, 5) is 25.2. The van der Waals surface area contributed by atoms with Crippen LogP contribution >= 0.6 is 0 Å². The van der Waals surface area contributed by atoms with Gasteiger partial charge in [0.1, 0.15) is 5.75 Å². The molecule has 23 heavy (non-hydrogen) atoms. The highest BCUT2D eigenvalue weighted by Gasteiger charge is 2.21. The van der Waals surface area contributed by atoms with Crippen molar-refractivity contribution in [1.29, 1.82) is 0 Å². The van der Waals surface area contributed by atoms with Crippen molar-refractivity contribution in [2.75, 3.05) is 23.4 Å². The Kier molecular flexibility index (Phi) is 4.27. The monoisotopic (exact) mass is 314 g/mol. The molecule has 2 aromatic rings. The van der Waals surface area contributed by atoms with Crippen LogP contribution in [-0.2, 0) is 16.6 Å². The zero-order valence-electron chi connectivity index (χ0n) is 12.9. The molecule has 1 aromatic carbocycles. The predicted octanol–water partition coefficient (Wildman–Crippen LogP) is 1.56. The molecule has 0 bridgehead atoms. The van der Waals surface area contributed by atoms with Crippen LogP contribution in [0.15, 0.2) is 36.5 Å². The maximum absolute atomic E-state index is 11.8. The van der Waals surface area contributed by atoms with Crippen LogP contribution in [0.1, 0.15) is 12.8 Å². The lowest BCUT2D eigenvalue weighted by Crippen LogP contribution is -2.23. The quantitative estimate of drug-likeness (QED) is 0.909. The molecule has 7 nitrogen and oxygen atoms in total. The number of carbonyl (C=O) groups excluding carboxylic acids is 2. The van der Waals surface area contributed by atoms with Crippen molar-refractivity contribution in [3.05, 3.63) is 36.5 Å². The zero-order valence-corrected chi connectivity index (χ0v) is 12.9. The molecule has 1 aromatic heterocycles. The first-order valence-electron chi connectivity index (χ1n) is 7.44. The molecule has 1 aliphatic rings. The van der Waals surface area contributed by atoms with Gasteiger partial charge in [0.05, 0.1) is 0 Å². The minimum Gasteiger partial charge on any atom is -0.484 e. The number of hydrogen-bond acceptors (Lipinski definition) is 4. The van der Waals surface area contributed by atoms with E-state index in [1.807, 2.05) is 12.1 Å². The maximum Gasteiger partial charge on any atom is 0.263 e. The van der Waals surface area contributed by atoms with Gasteiger partial charge in [-0.25, -0.2) is 0 Å². The van der Waals surface area contributed by atoms with E-state index in [-0.39, 0.29) is 18.4 Å². The number of rotatable bonds is 5. The minimum absolute atomic E-state index is 0.0986. The Bertz CT molecular complexity index is 708. The van der Waals surface area contributed by atoms with Gasteiger partial charge in [0.15, 0.2) is 12.4 Å². The second-order valence-electron chi connectivity index (χ2n) is 5.35. The van der Waals surface area contributed by atoms with Crippen molar-refractivity contribution in [3.8, 4) is 5.75 Å². The maximum atomic E-state index is 11.8. The third kappa shape index (κ3) is 3.68. The Morgan fingerprint density at radius 3 is 2.70 bits per heavy atom. The fourth-order valence-electron chi connectivity index (χ4n) is 2.45. The number of anilines is 2. The highest BCUT2D eigenvalue weighted by Crippen LogP contribution is 2.23. The molecule has 1 saturated heterocycles. The van der Waals surface area contributed by atoms with Gasteiger partial charge in [0.2, 0.25) is 5.91 Å². The summed E-state index contributed by atoms with van der Waals surface area (Å²) in [5.41, 5.74) is 0.859. The molecule has 0 saturated carbocycles. The van der Waals surface area contributed by atoms with E-state index < -0.39 is 0 Å². The van der Waals surface area contributed by atoms with Gasteiger partial charge in [0, 0.05) is 38.0 Å². The average Bonchev–Trinajstić information content (AvgIpc) is 3.14. The van der Waals surface area contributed by atoms with Crippen LogP contribution in [0.25, 0.3) is 0 Å². The highest BCUT2D eigenvalue weighted by atomic mass is 16.5. The van der Waals surface area contributed by atoms with Crippen molar-refractivity contribution >= 4 is 23.3 Å². The number of hydrogen-bond donors (Lipinski definition) is 1. The summed E-state index contributed by atoms with van der Waals surface area (Å²) in [5, 5.41) is 6.71. The smallest absolute Gasteiger partial charge is 0.263 e. The standard InChI is InChI=1S/C16H18N4O3/c1-19-10-8-14(18-19)17-15(21)11-23-13-6-4-12(5-7-13)20-9-2-3-16(20)22/h4-8,10H,2-3,9,11H2,1H3,(H,17,18,21). The van der Waals surface area contributed by atoms with Crippen LogP contribution in [0.3, 0.4) is 0 Å². The van der Waals surface area contributed by atoms with E-state index in [0.29, 0.717) is 18.0 Å². The van der Waals surface area contributed by atoms with Gasteiger partial charge in [0.25, 0.3) is 5.91 Å². The Labute approximate surface area is 133 Å². The SMILES string of the molecule is Cn1ccc(NC(=O)COc2ccc(N3CCCC3=O)cc2)n1. The van der Waals surface area contributed by atoms with Gasteiger partial charge in [-0.15, -0.1) is 0 Å². The van der Waals surface area contributed by atoms with E-state index in [4.69, 9.17) is 4.74 Å². The molecule has 1 fully saturated rings. The number of aromatic nitrogens is 2. The Morgan fingerprint density at radius 2 is 2.09 bits per heavy atom. The molecule has 7 heteroatoms. The summed E-state index contributed by atoms with van der Waals surface area (Å²) in [6.07, 6.45) is 3.24. The first-order valence-corrected chi connectivity index (χ1v) is 7.44. The fourth-order valence-corrected chi connectivity index (χ4v) is 2.45. The summed E-state index contributed by atoms with van der Waals surface area (Å²) in [6, 6.07) is 8.88. The summed E-state index contributed by atoms with van der Waals surface area (Å²) >= 11 is 0. The first-order chi connectivity index (χ1) is 11.1. The van der Waals surface area contributed by atoms with Crippen LogP contribution in [0.4, 0.5) is 11.5 Å². The predicted molar refractivity (Wildman–Crippen MR) is 85.4 cm³/mol. The molecule has 0 aliphatic carbocycles. The van der Waals surface area contributed by atoms with Gasteiger partial charge in [-0.1, -0.05) is 0 Å². The van der Waals surface area contributed by atoms with E-state index in [1.54, 1.807) is 41.0 Å². The van der Waals surface area contributed by atoms with Gasteiger partial charge in [-0.05, 0) is 30.7 Å². The number of aryl methyl sites for hydroxylation is 1. The lowest BCUT2D eigenvalue weighted by molar-refractivity contribution is -0.118. The Balaban J connectivity index is 1.52. The number of amides is 2. The summed E-state index contributed by atoms with van der Waals surface area (Å²) < 4.78 is 7.05. The zero-order chi connectivity index (χ0) is 16.2. The topological polar surface area (TPSA) is 76.5 Å². The van der Waals surface area contributed by atoms with E-state index in [1.165, 1.54) is 0 Å². The molecular weight excluding hydrogens is 296 g/mol. The molecule has 1 aliphatic heterocycles. The molecule has 2 amide bonds. The van der Waals surface area contributed by atoms with Gasteiger partial charge in [-0.3, -0.25) is 14.3 Å². The van der Waals surface area contributed by atoms with Crippen molar-refractivity contribution < 1.29 is 14.3 Å². The van der Waals surface area contributed by atoms with E-state index in [2.05, 4.69) is 10.4 Å². The number of ether oxygens (including phenoxy) is 1. The van der Waals surface area contributed by atoms with Crippen LogP contribution in [-0.4, -0.2) is 34.7 Å². The van der Waals surface area contributed by atoms with Crippen LogP contribution in [0.2, 0.25) is 0 Å². The molecule has 0 radical (unpaired) electrons. The first kappa shape index (κ1) is 15.1. The average molecular weight is 314 g/mol. The van der Waals surface area contributed by atoms with Crippen LogP contribution in [0.5, 0.6) is 5.75 Å². The van der Waals surface area contributed by atoms with Gasteiger partial charge in [-0.2, -0.15) is 5.10 Å². The third-order valence-electron chi connectivity index (χ3n) is 3.57. The van der Waals surface area contributed by atoms with Crippen LogP contribution < -0.4 is 15.0 Å². The van der Waals surface area contributed by atoms with Crippen molar-refractivity contribution in [2.24, 2.45) is 7.05 Å². The minimum atomic E-state index is -0.275. The summed E-state index contributed by atoms with van der Waals surface area (Å²) in [7, 11) is 1.78. The molecule has 0 atom stereocenters. The Morgan fingerprint density at radius 1 is 1.30 bits per heavy atom. The Hall–Kier alpha value is -2.83. The summed E-state index contributed by atoms with van der Waals surface area (Å²) in [6.45, 7) is 0.657. The lowest BCUT2D eigenvalue weighted by atomic mass is 10.3. The molecule has 2 heterocycles. The lowest BCUT2D eigenvalue weighted by Gasteiger charge is -2.16. The number of benzene rings is 1. The molecule has 0 unspecified atom stereocenters. The summed E-state index contributed by atoms with van der Waals surface area (Å²) in [5.74, 6) is 0.941. The largest absolute Gasteiger partial charge is 0.484 e. The third-order valence-corrected chi connectivity index (χ3v) is 3.57. The number of nitrogens with zero attached hydrogens (tertiary/aromatic N) is 3. The van der Waals surface area contributed by atoms with Crippen molar-refractivity contribution in [1.82, 2.24) is 9.78 Å². The fraction of sp³-hybridized carbons (Fsp3) is 0.312. The van der Waals surface area contributed by atoms with E-state index in [0.717, 1.165) is 18.7 Å². The van der Waals surface area contributed by atoms with E-state index >= 15 is 0 Å². The van der Waals surface area contributed by atoms with Crippen molar-refractivity contribution in [3.63, 3.8) is 0 Å². The molecule has 1 N–H and O–H groups in total. The second-order valence-corrected chi connectivity index (χ2v) is 5.35. The number of carbonyl (C=O) groups is 2. The second kappa shape index (κ2) is 6.51. The van der Waals surface area contributed by atoms with E-state index in [9.17, 15) is 9.59 Å². The normalized spacial score (nSPS) is 14.1. The van der Waals surface area contributed by atoms with Gasteiger partial charge >= 0.3 is 0 Å². The number of nitrogens with one attached hydrogen (secondary N) is 1. The highest BCUT2D eigenvalue weighted by molar-refractivity contribution is 5.95. The molecular formula is C16H18N4O3.